The summed E-state index contributed by atoms with van der Waals surface area (Å²) in [6, 6.07) is 13.6. The lowest BCUT2D eigenvalue weighted by molar-refractivity contribution is -0.137. The van der Waals surface area contributed by atoms with E-state index in [0.717, 1.165) is 6.20 Å². The molecule has 170 valence electrons. The number of alkyl halides is 3. The Morgan fingerprint density at radius 1 is 0.875 bits per heavy atom. The van der Waals surface area contributed by atoms with Crippen LogP contribution < -0.4 is 20.1 Å². The number of benzene rings is 2. The Morgan fingerprint density at radius 3 is 1.97 bits per heavy atom. The smallest absolute Gasteiger partial charge is 0.421 e. The molecule has 6 nitrogen and oxygen atoms in total. The Balaban J connectivity index is 1.80. The molecule has 0 aliphatic rings. The normalized spacial score (nSPS) is 11.3. The number of hydrogen-bond acceptors (Lipinski definition) is 6. The van der Waals surface area contributed by atoms with Crippen LogP contribution in [0.2, 0.25) is 0 Å². The first-order valence-corrected chi connectivity index (χ1v) is 10.2. The van der Waals surface area contributed by atoms with E-state index >= 15 is 0 Å². The van der Waals surface area contributed by atoms with Gasteiger partial charge in [0.1, 0.15) is 22.9 Å². The Morgan fingerprint density at radius 2 is 1.44 bits per heavy atom. The predicted octanol–water partition coefficient (Wildman–Crippen LogP) is 6.42. The second-order valence-corrected chi connectivity index (χ2v) is 7.39. The average molecular weight is 446 g/mol. The lowest BCUT2D eigenvalue weighted by atomic mass is 10.2. The topological polar surface area (TPSA) is 68.3 Å². The van der Waals surface area contributed by atoms with Gasteiger partial charge in [0.2, 0.25) is 5.95 Å². The maximum absolute atomic E-state index is 13.5. The molecular weight excluding hydrogens is 421 g/mol. The predicted molar refractivity (Wildman–Crippen MR) is 118 cm³/mol. The van der Waals surface area contributed by atoms with Crippen molar-refractivity contribution in [2.24, 2.45) is 5.92 Å². The molecule has 3 aromatic rings. The van der Waals surface area contributed by atoms with Crippen LogP contribution in [0.1, 0.15) is 26.3 Å². The van der Waals surface area contributed by atoms with Crippen LogP contribution in [0.4, 0.5) is 36.3 Å². The van der Waals surface area contributed by atoms with Gasteiger partial charge in [-0.05, 0) is 61.4 Å². The first-order valence-electron chi connectivity index (χ1n) is 10.2. The molecular formula is C23H25F3N4O2. The van der Waals surface area contributed by atoms with Crippen LogP contribution in [0, 0.1) is 5.92 Å². The van der Waals surface area contributed by atoms with Crippen molar-refractivity contribution >= 4 is 23.1 Å². The van der Waals surface area contributed by atoms with Gasteiger partial charge in [-0.2, -0.15) is 18.2 Å². The lowest BCUT2D eigenvalue weighted by Gasteiger charge is -2.15. The molecule has 32 heavy (non-hydrogen) atoms. The summed E-state index contributed by atoms with van der Waals surface area (Å²) in [6.07, 6.45) is -3.85. The first-order chi connectivity index (χ1) is 15.2. The Bertz CT molecular complexity index is 1010. The largest absolute Gasteiger partial charge is 0.494 e. The molecule has 0 bridgehead atoms. The summed E-state index contributed by atoms with van der Waals surface area (Å²) in [6.45, 7) is 7.03. The van der Waals surface area contributed by atoms with Crippen molar-refractivity contribution in [1.29, 1.82) is 0 Å². The third-order valence-corrected chi connectivity index (χ3v) is 4.22. The molecule has 9 heteroatoms. The third-order valence-electron chi connectivity index (χ3n) is 4.22. The Hall–Kier alpha value is -3.49. The molecule has 1 aromatic heterocycles. The zero-order chi connectivity index (χ0) is 23.1. The summed E-state index contributed by atoms with van der Waals surface area (Å²) in [5.74, 6) is 1.37. The molecule has 0 radical (unpaired) electrons. The van der Waals surface area contributed by atoms with Crippen LogP contribution in [0.5, 0.6) is 11.5 Å². The van der Waals surface area contributed by atoms with Gasteiger partial charge in [-0.3, -0.25) is 0 Å². The van der Waals surface area contributed by atoms with Gasteiger partial charge in [-0.25, -0.2) is 4.98 Å². The van der Waals surface area contributed by atoms with E-state index in [2.05, 4.69) is 20.6 Å². The van der Waals surface area contributed by atoms with Crippen LogP contribution in [-0.4, -0.2) is 23.2 Å². The number of anilines is 4. The fourth-order valence-corrected chi connectivity index (χ4v) is 2.71. The lowest BCUT2D eigenvalue weighted by Crippen LogP contribution is -2.12. The van der Waals surface area contributed by atoms with Crippen molar-refractivity contribution in [3.05, 3.63) is 60.3 Å². The molecule has 1 heterocycles. The highest BCUT2D eigenvalue weighted by atomic mass is 19.4. The maximum atomic E-state index is 13.5. The summed E-state index contributed by atoms with van der Waals surface area (Å²) < 4.78 is 51.5. The van der Waals surface area contributed by atoms with Crippen molar-refractivity contribution < 1.29 is 22.6 Å². The Kier molecular flexibility index (Phi) is 7.40. The van der Waals surface area contributed by atoms with Gasteiger partial charge in [-0.1, -0.05) is 13.8 Å². The number of hydrogen-bond donors (Lipinski definition) is 2. The standard InChI is InChI=1S/C23H25F3N4O2/c1-4-31-18-9-7-17(8-10-18)29-22-27-13-20(23(24,25)26)21(30-22)28-16-5-11-19(12-6-16)32-14-15(2)3/h5-13,15H,4,14H2,1-3H3,(H2,27,28,29,30). The number of nitrogens with one attached hydrogen (secondary N) is 2. The van der Waals surface area contributed by atoms with Gasteiger partial charge in [-0.15, -0.1) is 0 Å². The first kappa shape index (κ1) is 23.2. The summed E-state index contributed by atoms with van der Waals surface area (Å²) in [5.41, 5.74) is 0.0961. The molecule has 0 atom stereocenters. The molecule has 3 rings (SSSR count). The minimum atomic E-state index is -4.61. The second-order valence-electron chi connectivity index (χ2n) is 7.39. The quantitative estimate of drug-likeness (QED) is 0.396. The van der Waals surface area contributed by atoms with Gasteiger partial charge in [0.25, 0.3) is 0 Å². The molecule has 0 saturated heterocycles. The van der Waals surface area contributed by atoms with Gasteiger partial charge >= 0.3 is 6.18 Å². The van der Waals surface area contributed by atoms with E-state index < -0.39 is 11.7 Å². The number of rotatable bonds is 9. The van der Waals surface area contributed by atoms with Crippen LogP contribution in [0.3, 0.4) is 0 Å². The summed E-state index contributed by atoms with van der Waals surface area (Å²) in [7, 11) is 0. The van der Waals surface area contributed by atoms with Crippen molar-refractivity contribution in [2.45, 2.75) is 26.9 Å². The SMILES string of the molecule is CCOc1ccc(Nc2ncc(C(F)(F)F)c(Nc3ccc(OCC(C)C)cc3)n2)cc1. The molecule has 0 amide bonds. The average Bonchev–Trinajstić information content (AvgIpc) is 2.74. The van der Waals surface area contributed by atoms with Gasteiger partial charge < -0.3 is 20.1 Å². The molecule has 0 aliphatic heterocycles. The highest BCUT2D eigenvalue weighted by molar-refractivity contribution is 5.63. The number of ether oxygens (including phenoxy) is 2. The zero-order valence-electron chi connectivity index (χ0n) is 18.0. The van der Waals surface area contributed by atoms with Crippen molar-refractivity contribution in [2.75, 3.05) is 23.8 Å². The van der Waals surface area contributed by atoms with E-state index in [-0.39, 0.29) is 11.8 Å². The van der Waals surface area contributed by atoms with Gasteiger partial charge in [0, 0.05) is 17.6 Å². The fourth-order valence-electron chi connectivity index (χ4n) is 2.71. The van der Waals surface area contributed by atoms with Crippen LogP contribution in [0.15, 0.2) is 54.7 Å². The number of nitrogens with zero attached hydrogens (tertiary/aromatic N) is 2. The molecule has 0 spiro atoms. The molecule has 0 saturated carbocycles. The highest BCUT2D eigenvalue weighted by Gasteiger charge is 2.35. The third kappa shape index (κ3) is 6.50. The van der Waals surface area contributed by atoms with Crippen molar-refractivity contribution in [1.82, 2.24) is 9.97 Å². The van der Waals surface area contributed by atoms with E-state index in [1.165, 1.54) is 0 Å². The second kappa shape index (κ2) is 10.2. The highest BCUT2D eigenvalue weighted by Crippen LogP contribution is 2.35. The minimum absolute atomic E-state index is 0.0292. The molecule has 0 aliphatic carbocycles. The molecule has 2 aromatic carbocycles. The monoisotopic (exact) mass is 446 g/mol. The van der Waals surface area contributed by atoms with E-state index in [1.54, 1.807) is 48.5 Å². The van der Waals surface area contributed by atoms with Crippen molar-refractivity contribution in [3.8, 4) is 11.5 Å². The van der Waals surface area contributed by atoms with E-state index in [1.807, 2.05) is 20.8 Å². The van der Waals surface area contributed by atoms with E-state index in [9.17, 15) is 13.2 Å². The molecule has 0 unspecified atom stereocenters. The van der Waals surface area contributed by atoms with Gasteiger partial charge in [0.15, 0.2) is 0 Å². The van der Waals surface area contributed by atoms with Crippen LogP contribution >= 0.6 is 0 Å². The molecule has 0 fully saturated rings. The van der Waals surface area contributed by atoms with E-state index in [0.29, 0.717) is 42.0 Å². The maximum Gasteiger partial charge on any atom is 0.421 e. The van der Waals surface area contributed by atoms with E-state index in [4.69, 9.17) is 9.47 Å². The molecule has 2 N–H and O–H groups in total. The summed E-state index contributed by atoms with van der Waals surface area (Å²) in [5, 5.41) is 5.65. The minimum Gasteiger partial charge on any atom is -0.494 e. The summed E-state index contributed by atoms with van der Waals surface area (Å²) >= 11 is 0. The number of aromatic nitrogens is 2. The van der Waals surface area contributed by atoms with Crippen molar-refractivity contribution in [3.63, 3.8) is 0 Å². The van der Waals surface area contributed by atoms with Crippen LogP contribution in [-0.2, 0) is 6.18 Å². The Labute approximate surface area is 184 Å². The van der Waals surface area contributed by atoms with Gasteiger partial charge in [0.05, 0.1) is 13.2 Å². The number of halogens is 3. The zero-order valence-corrected chi connectivity index (χ0v) is 18.0. The fraction of sp³-hybridized carbons (Fsp3) is 0.304. The summed E-state index contributed by atoms with van der Waals surface area (Å²) in [4.78, 5) is 7.88. The van der Waals surface area contributed by atoms with Crippen LogP contribution in [0.25, 0.3) is 0 Å².